The first-order valence-electron chi connectivity index (χ1n) is 7.70. The van der Waals surface area contributed by atoms with E-state index in [0.29, 0.717) is 0 Å². The summed E-state index contributed by atoms with van der Waals surface area (Å²) in [5.74, 6) is 3.59. The predicted molar refractivity (Wildman–Crippen MR) is 79.1 cm³/mol. The number of hydrogen-bond acceptors (Lipinski definition) is 1. The maximum absolute atomic E-state index is 6.84. The van der Waals surface area contributed by atoms with Gasteiger partial charge in [-0.2, -0.15) is 0 Å². The maximum atomic E-state index is 6.84. The summed E-state index contributed by atoms with van der Waals surface area (Å²) in [6, 6.07) is 8.22. The van der Waals surface area contributed by atoms with E-state index in [2.05, 4.69) is 12.1 Å². The molecule has 0 spiro atoms. The van der Waals surface area contributed by atoms with Crippen molar-refractivity contribution in [1.29, 1.82) is 0 Å². The normalized spacial score (nSPS) is 43.7. The van der Waals surface area contributed by atoms with Crippen LogP contribution in [0.2, 0.25) is 5.02 Å². The molecule has 3 fully saturated rings. The lowest BCUT2D eigenvalue weighted by Crippen LogP contribution is -2.51. The van der Waals surface area contributed by atoms with Gasteiger partial charge >= 0.3 is 0 Å². The van der Waals surface area contributed by atoms with Crippen LogP contribution in [-0.4, -0.2) is 5.54 Å². The minimum Gasteiger partial charge on any atom is -0.325 e. The highest BCUT2D eigenvalue weighted by atomic mass is 35.5. The zero-order valence-corrected chi connectivity index (χ0v) is 12.1. The van der Waals surface area contributed by atoms with Gasteiger partial charge in [0.2, 0.25) is 0 Å². The summed E-state index contributed by atoms with van der Waals surface area (Å²) >= 11 is 6.32. The molecule has 1 nitrogen and oxygen atoms in total. The topological polar surface area (TPSA) is 26.0 Å². The molecule has 3 saturated carbocycles. The van der Waals surface area contributed by atoms with Crippen LogP contribution in [0.3, 0.4) is 0 Å². The lowest BCUT2D eigenvalue weighted by Gasteiger charge is -2.40. The Hall–Kier alpha value is -0.530. The average Bonchev–Trinajstić information content (AvgIpc) is 3.02. The molecule has 3 aliphatic rings. The molecule has 0 aromatic heterocycles. The molecule has 0 heterocycles. The van der Waals surface area contributed by atoms with Crippen LogP contribution in [0.15, 0.2) is 24.3 Å². The van der Waals surface area contributed by atoms with E-state index >= 15 is 0 Å². The zero-order chi connectivity index (χ0) is 13.0. The SMILES string of the molecule is NC1(Cc2ccccc2Cl)CC2CC1C1CCCC21. The minimum absolute atomic E-state index is 0.0150. The van der Waals surface area contributed by atoms with Gasteiger partial charge < -0.3 is 5.73 Å². The lowest BCUT2D eigenvalue weighted by molar-refractivity contribution is 0.156. The number of hydrogen-bond donors (Lipinski definition) is 1. The Balaban J connectivity index is 1.60. The molecule has 2 N–H and O–H groups in total. The van der Waals surface area contributed by atoms with E-state index in [9.17, 15) is 0 Å². The summed E-state index contributed by atoms with van der Waals surface area (Å²) in [7, 11) is 0. The number of fused-ring (bicyclic) bond motifs is 5. The van der Waals surface area contributed by atoms with Crippen LogP contribution in [0.25, 0.3) is 0 Å². The molecule has 0 amide bonds. The molecule has 2 bridgehead atoms. The van der Waals surface area contributed by atoms with Gasteiger partial charge in [0.1, 0.15) is 0 Å². The first-order chi connectivity index (χ1) is 9.17. The second-order valence-electron chi connectivity index (χ2n) is 7.07. The molecule has 3 aliphatic carbocycles. The third-order valence-electron chi connectivity index (χ3n) is 6.16. The van der Waals surface area contributed by atoms with Crippen molar-refractivity contribution in [2.75, 3.05) is 0 Å². The summed E-state index contributed by atoms with van der Waals surface area (Å²) in [5, 5.41) is 0.887. The largest absolute Gasteiger partial charge is 0.325 e. The summed E-state index contributed by atoms with van der Waals surface area (Å²) in [4.78, 5) is 0. The Morgan fingerprint density at radius 3 is 2.84 bits per heavy atom. The molecule has 5 unspecified atom stereocenters. The number of rotatable bonds is 2. The highest BCUT2D eigenvalue weighted by molar-refractivity contribution is 6.31. The molecular weight excluding hydrogens is 254 g/mol. The van der Waals surface area contributed by atoms with Gasteiger partial charge in [-0.1, -0.05) is 36.2 Å². The molecular formula is C17H22ClN. The fourth-order valence-corrected chi connectivity index (χ4v) is 5.72. The van der Waals surface area contributed by atoms with Crippen molar-refractivity contribution in [3.63, 3.8) is 0 Å². The Kier molecular flexibility index (Phi) is 2.72. The molecule has 4 rings (SSSR count). The van der Waals surface area contributed by atoms with Crippen molar-refractivity contribution in [3.05, 3.63) is 34.9 Å². The lowest BCUT2D eigenvalue weighted by atomic mass is 9.69. The van der Waals surface area contributed by atoms with Crippen molar-refractivity contribution in [2.24, 2.45) is 29.4 Å². The van der Waals surface area contributed by atoms with Crippen molar-refractivity contribution in [1.82, 2.24) is 0 Å². The molecule has 19 heavy (non-hydrogen) atoms. The van der Waals surface area contributed by atoms with E-state index in [4.69, 9.17) is 17.3 Å². The molecule has 0 aliphatic heterocycles. The van der Waals surface area contributed by atoms with Gasteiger partial charge in [-0.25, -0.2) is 0 Å². The van der Waals surface area contributed by atoms with Gasteiger partial charge in [0.25, 0.3) is 0 Å². The molecule has 0 saturated heterocycles. The molecule has 2 heteroatoms. The van der Waals surface area contributed by atoms with Crippen molar-refractivity contribution in [3.8, 4) is 0 Å². The number of benzene rings is 1. The Labute approximate surface area is 120 Å². The average molecular weight is 276 g/mol. The standard InChI is InChI=1S/C17H22ClN/c18-16-7-2-1-4-11(16)9-17(19)10-12-8-15(17)14-6-3-5-13(12)14/h1-2,4,7,12-15H,3,5-6,8-10,19H2. The molecule has 5 atom stereocenters. The maximum Gasteiger partial charge on any atom is 0.0438 e. The van der Waals surface area contributed by atoms with Crippen molar-refractivity contribution in [2.45, 2.75) is 44.1 Å². The number of nitrogens with two attached hydrogens (primary N) is 1. The summed E-state index contributed by atoms with van der Waals surface area (Å²) in [6.45, 7) is 0. The van der Waals surface area contributed by atoms with Gasteiger partial charge in [-0.15, -0.1) is 0 Å². The van der Waals surface area contributed by atoms with Crippen LogP contribution < -0.4 is 5.73 Å². The van der Waals surface area contributed by atoms with Crippen LogP contribution in [0.4, 0.5) is 0 Å². The van der Waals surface area contributed by atoms with E-state index in [-0.39, 0.29) is 5.54 Å². The van der Waals surface area contributed by atoms with Gasteiger partial charge in [0.15, 0.2) is 0 Å². The van der Waals surface area contributed by atoms with E-state index in [0.717, 1.165) is 35.1 Å². The Morgan fingerprint density at radius 2 is 2.00 bits per heavy atom. The monoisotopic (exact) mass is 275 g/mol. The third kappa shape index (κ3) is 1.78. The van der Waals surface area contributed by atoms with Crippen LogP contribution in [0, 0.1) is 23.7 Å². The first kappa shape index (κ1) is 12.2. The first-order valence-corrected chi connectivity index (χ1v) is 8.07. The minimum atomic E-state index is 0.0150. The van der Waals surface area contributed by atoms with E-state index < -0.39 is 0 Å². The summed E-state index contributed by atoms with van der Waals surface area (Å²) in [6.07, 6.45) is 7.91. The quantitative estimate of drug-likeness (QED) is 0.866. The molecule has 1 aromatic carbocycles. The fourth-order valence-electron chi connectivity index (χ4n) is 5.51. The summed E-state index contributed by atoms with van der Waals surface area (Å²) < 4.78 is 0. The number of halogens is 1. The van der Waals surface area contributed by atoms with Crippen LogP contribution in [0.1, 0.15) is 37.7 Å². The van der Waals surface area contributed by atoms with Crippen LogP contribution >= 0.6 is 11.6 Å². The molecule has 0 radical (unpaired) electrons. The van der Waals surface area contributed by atoms with Crippen LogP contribution in [-0.2, 0) is 6.42 Å². The van der Waals surface area contributed by atoms with E-state index in [1.54, 1.807) is 0 Å². The van der Waals surface area contributed by atoms with Crippen molar-refractivity contribution < 1.29 is 0 Å². The van der Waals surface area contributed by atoms with E-state index in [1.807, 2.05) is 12.1 Å². The van der Waals surface area contributed by atoms with Gasteiger partial charge in [-0.3, -0.25) is 0 Å². The smallest absolute Gasteiger partial charge is 0.0438 e. The zero-order valence-electron chi connectivity index (χ0n) is 11.3. The highest BCUT2D eigenvalue weighted by Gasteiger charge is 2.59. The second kappa shape index (κ2) is 4.23. The van der Waals surface area contributed by atoms with Crippen LogP contribution in [0.5, 0.6) is 0 Å². The highest BCUT2D eigenvalue weighted by Crippen LogP contribution is 2.62. The Morgan fingerprint density at radius 1 is 1.21 bits per heavy atom. The third-order valence-corrected chi connectivity index (χ3v) is 6.53. The summed E-state index contributed by atoms with van der Waals surface area (Å²) in [5.41, 5.74) is 8.10. The Bertz CT molecular complexity index is 500. The fraction of sp³-hybridized carbons (Fsp3) is 0.647. The predicted octanol–water partition coefficient (Wildman–Crippen LogP) is 4.04. The van der Waals surface area contributed by atoms with E-state index in [1.165, 1.54) is 37.7 Å². The van der Waals surface area contributed by atoms with Gasteiger partial charge in [-0.05, 0) is 67.4 Å². The van der Waals surface area contributed by atoms with Gasteiger partial charge in [0.05, 0.1) is 0 Å². The second-order valence-corrected chi connectivity index (χ2v) is 7.47. The molecule has 102 valence electrons. The van der Waals surface area contributed by atoms with Gasteiger partial charge in [0, 0.05) is 10.6 Å². The van der Waals surface area contributed by atoms with Crippen molar-refractivity contribution >= 4 is 11.6 Å². The molecule has 1 aromatic rings.